The van der Waals surface area contributed by atoms with Crippen molar-refractivity contribution in [2.75, 3.05) is 64.5 Å². The van der Waals surface area contributed by atoms with Crippen LogP contribution in [0.3, 0.4) is 0 Å². The second-order valence-corrected chi connectivity index (χ2v) is 13.2. The van der Waals surface area contributed by atoms with Crippen molar-refractivity contribution in [3.63, 3.8) is 0 Å². The number of hydrogen-bond acceptors (Lipinski definition) is 8. The topological polar surface area (TPSA) is 92.3 Å². The number of amides is 1. The number of anilines is 1. The van der Waals surface area contributed by atoms with Gasteiger partial charge in [0.05, 0.1) is 34.9 Å². The zero-order chi connectivity index (χ0) is 27.6. The van der Waals surface area contributed by atoms with Crippen LogP contribution in [0.15, 0.2) is 41.3 Å². The van der Waals surface area contributed by atoms with Crippen LogP contribution in [0, 0.1) is 12.8 Å². The number of methoxy groups -OCH3 is 1. The van der Waals surface area contributed by atoms with E-state index in [1.807, 2.05) is 6.92 Å². The number of sulfonamides is 1. The van der Waals surface area contributed by atoms with Crippen molar-refractivity contribution in [2.24, 2.45) is 5.92 Å². The zero-order valence-corrected chi connectivity index (χ0v) is 24.5. The van der Waals surface area contributed by atoms with E-state index in [4.69, 9.17) is 26.1 Å². The fraction of sp³-hybridized carbons (Fsp3) is 0.481. The lowest BCUT2D eigenvalue weighted by atomic mass is 9.96. The molecule has 0 atom stereocenters. The van der Waals surface area contributed by atoms with Crippen molar-refractivity contribution in [3.8, 4) is 5.75 Å². The van der Waals surface area contributed by atoms with Crippen LogP contribution >= 0.6 is 22.9 Å². The van der Waals surface area contributed by atoms with Gasteiger partial charge in [0.1, 0.15) is 11.3 Å². The Balaban J connectivity index is 1.35. The van der Waals surface area contributed by atoms with Gasteiger partial charge in [-0.25, -0.2) is 13.4 Å². The second kappa shape index (κ2) is 12.1. The number of fused-ring (bicyclic) bond motifs is 1. The lowest BCUT2D eigenvalue weighted by Crippen LogP contribution is -2.47. The molecule has 1 aromatic heterocycles. The molecule has 2 saturated heterocycles. The molecule has 2 aromatic carbocycles. The molecule has 0 radical (unpaired) electrons. The van der Waals surface area contributed by atoms with E-state index in [0.717, 1.165) is 23.4 Å². The molecule has 39 heavy (non-hydrogen) atoms. The lowest BCUT2D eigenvalue weighted by molar-refractivity contribution is -0.123. The Morgan fingerprint density at radius 3 is 2.49 bits per heavy atom. The predicted molar refractivity (Wildman–Crippen MR) is 153 cm³/mol. The maximum atomic E-state index is 14.0. The molecule has 0 bridgehead atoms. The molecule has 0 N–H and O–H groups in total. The quantitative estimate of drug-likeness (QED) is 0.390. The molecule has 9 nitrogen and oxygen atoms in total. The highest BCUT2D eigenvalue weighted by Gasteiger charge is 2.35. The Morgan fingerprint density at radius 1 is 1.13 bits per heavy atom. The summed E-state index contributed by atoms with van der Waals surface area (Å²) in [5, 5.41) is 1.13. The summed E-state index contributed by atoms with van der Waals surface area (Å²) < 4.78 is 39.6. The Labute approximate surface area is 238 Å². The number of hydrogen-bond donors (Lipinski definition) is 0. The third-order valence-corrected chi connectivity index (χ3v) is 10.8. The monoisotopic (exact) mass is 592 g/mol. The number of thiazole rings is 1. The van der Waals surface area contributed by atoms with Crippen molar-refractivity contribution in [3.05, 3.63) is 47.0 Å². The molecular weight excluding hydrogens is 560 g/mol. The van der Waals surface area contributed by atoms with Gasteiger partial charge in [-0.15, -0.1) is 0 Å². The summed E-state index contributed by atoms with van der Waals surface area (Å²) in [5.41, 5.74) is 1.64. The van der Waals surface area contributed by atoms with Crippen LogP contribution in [-0.4, -0.2) is 88.1 Å². The average Bonchev–Trinajstić information content (AvgIpc) is 3.40. The summed E-state index contributed by atoms with van der Waals surface area (Å²) in [7, 11) is -2.02. The number of aromatic nitrogens is 1. The number of ether oxygens (including phenoxy) is 2. The highest BCUT2D eigenvalue weighted by Crippen LogP contribution is 2.39. The van der Waals surface area contributed by atoms with E-state index >= 15 is 0 Å². The first-order valence-corrected chi connectivity index (χ1v) is 15.7. The van der Waals surface area contributed by atoms with E-state index in [1.54, 1.807) is 48.4 Å². The third-order valence-electron chi connectivity index (χ3n) is 7.37. The first-order chi connectivity index (χ1) is 18.8. The molecule has 210 valence electrons. The fourth-order valence-electron chi connectivity index (χ4n) is 5.01. The van der Waals surface area contributed by atoms with Gasteiger partial charge in [0.15, 0.2) is 5.13 Å². The molecular formula is C27H33ClN4O5S2. The average molecular weight is 593 g/mol. The summed E-state index contributed by atoms with van der Waals surface area (Å²) in [6, 6.07) is 10.4. The van der Waals surface area contributed by atoms with E-state index in [2.05, 4.69) is 4.90 Å². The predicted octanol–water partition coefficient (Wildman–Crippen LogP) is 4.03. The van der Waals surface area contributed by atoms with Crippen LogP contribution < -0.4 is 9.64 Å². The van der Waals surface area contributed by atoms with Crippen LogP contribution in [0.4, 0.5) is 5.13 Å². The van der Waals surface area contributed by atoms with Crippen LogP contribution in [-0.2, 0) is 19.6 Å². The van der Waals surface area contributed by atoms with E-state index < -0.39 is 10.0 Å². The van der Waals surface area contributed by atoms with Gasteiger partial charge in [-0.3, -0.25) is 14.6 Å². The lowest BCUT2D eigenvalue weighted by Gasteiger charge is -2.34. The van der Waals surface area contributed by atoms with E-state index in [1.165, 1.54) is 15.6 Å². The normalized spacial score (nSPS) is 17.9. The Hall–Kier alpha value is -2.28. The minimum atomic E-state index is -3.60. The minimum absolute atomic E-state index is 0.0372. The number of rotatable bonds is 8. The molecule has 0 unspecified atom stereocenters. The van der Waals surface area contributed by atoms with Gasteiger partial charge in [0, 0.05) is 45.2 Å². The highest BCUT2D eigenvalue weighted by molar-refractivity contribution is 7.89. The van der Waals surface area contributed by atoms with Crippen LogP contribution in [0.5, 0.6) is 5.75 Å². The number of nitrogens with zero attached hydrogens (tertiary/aromatic N) is 4. The van der Waals surface area contributed by atoms with Crippen LogP contribution in [0.2, 0.25) is 5.02 Å². The molecule has 0 spiro atoms. The number of benzene rings is 2. The Kier molecular flexibility index (Phi) is 8.75. The van der Waals surface area contributed by atoms with E-state index in [-0.39, 0.29) is 16.7 Å². The molecule has 2 aliphatic rings. The fourth-order valence-corrected chi connectivity index (χ4v) is 7.77. The standard InChI is InChI=1S/C27H33ClN4O5S2/c1-19-3-5-21(6-4-19)39(34,35)31-11-9-20(10-12-31)26(33)32(14-13-30-15-17-37-18-16-30)27-29-24-23(36-2)8-7-22(28)25(24)38-27/h3-8,20H,9-18H2,1-2H3. The molecule has 3 aromatic rings. The van der Waals surface area contributed by atoms with Gasteiger partial charge < -0.3 is 9.47 Å². The van der Waals surface area contributed by atoms with E-state index in [9.17, 15) is 13.2 Å². The second-order valence-electron chi connectivity index (χ2n) is 9.86. The van der Waals surface area contributed by atoms with Gasteiger partial charge in [-0.1, -0.05) is 40.6 Å². The van der Waals surface area contributed by atoms with Crippen molar-refractivity contribution in [1.29, 1.82) is 0 Å². The summed E-state index contributed by atoms with van der Waals surface area (Å²) in [6.45, 7) is 6.66. The minimum Gasteiger partial charge on any atom is -0.494 e. The third kappa shape index (κ3) is 6.08. The van der Waals surface area contributed by atoms with Crippen molar-refractivity contribution >= 4 is 54.2 Å². The molecule has 12 heteroatoms. The van der Waals surface area contributed by atoms with Gasteiger partial charge in [-0.05, 0) is 44.0 Å². The molecule has 0 aliphatic carbocycles. The molecule has 2 fully saturated rings. The first kappa shape index (κ1) is 28.3. The smallest absolute Gasteiger partial charge is 0.243 e. The molecule has 5 rings (SSSR count). The molecule has 0 saturated carbocycles. The zero-order valence-electron chi connectivity index (χ0n) is 22.1. The maximum absolute atomic E-state index is 14.0. The van der Waals surface area contributed by atoms with Crippen LogP contribution in [0.25, 0.3) is 10.2 Å². The van der Waals surface area contributed by atoms with Gasteiger partial charge in [0.2, 0.25) is 15.9 Å². The molecule has 1 amide bonds. The summed E-state index contributed by atoms with van der Waals surface area (Å²) in [4.78, 5) is 23.1. The highest BCUT2D eigenvalue weighted by atomic mass is 35.5. The number of carbonyl (C=O) groups excluding carboxylic acids is 1. The van der Waals surface area contributed by atoms with Crippen molar-refractivity contribution < 1.29 is 22.7 Å². The number of carbonyl (C=O) groups is 1. The largest absolute Gasteiger partial charge is 0.494 e. The Morgan fingerprint density at radius 2 is 1.82 bits per heavy atom. The summed E-state index contributed by atoms with van der Waals surface area (Å²) in [6.07, 6.45) is 0.903. The van der Waals surface area contributed by atoms with Crippen molar-refractivity contribution in [1.82, 2.24) is 14.2 Å². The first-order valence-electron chi connectivity index (χ1n) is 13.1. The number of aryl methyl sites for hydroxylation is 1. The number of morpholine rings is 1. The van der Waals surface area contributed by atoms with Gasteiger partial charge >= 0.3 is 0 Å². The summed E-state index contributed by atoms with van der Waals surface area (Å²) in [5.74, 6) is 0.264. The number of piperidine rings is 1. The van der Waals surface area contributed by atoms with Gasteiger partial charge in [-0.2, -0.15) is 4.31 Å². The SMILES string of the molecule is COc1ccc(Cl)c2sc(N(CCN3CCOCC3)C(=O)C3CCN(S(=O)(=O)c4ccc(C)cc4)CC3)nc12. The number of halogens is 1. The molecule has 3 heterocycles. The summed E-state index contributed by atoms with van der Waals surface area (Å²) >= 11 is 7.85. The van der Waals surface area contributed by atoms with Crippen LogP contribution in [0.1, 0.15) is 18.4 Å². The van der Waals surface area contributed by atoms with Crippen molar-refractivity contribution in [2.45, 2.75) is 24.7 Å². The Bertz CT molecular complexity index is 1420. The molecule has 2 aliphatic heterocycles. The van der Waals surface area contributed by atoms with E-state index in [0.29, 0.717) is 73.7 Å². The maximum Gasteiger partial charge on any atom is 0.243 e. The van der Waals surface area contributed by atoms with Gasteiger partial charge in [0.25, 0.3) is 0 Å².